The number of phenolic OH excluding ortho intramolecular Hbond substituents is 1. The minimum Gasteiger partial charge on any atom is -0.508 e. The Morgan fingerprint density at radius 2 is 1.69 bits per heavy atom. The number of hydrogen-bond acceptors (Lipinski definition) is 1. The first kappa shape index (κ1) is 17.1. The fourth-order valence-corrected chi connectivity index (χ4v) is 8.58. The molecule has 1 N–H and O–H groups in total. The van der Waals surface area contributed by atoms with E-state index in [1.165, 1.54) is 69.8 Å². The molecule has 0 saturated heterocycles. The number of phenols is 1. The molecule has 2 unspecified atom stereocenters. The lowest BCUT2D eigenvalue weighted by molar-refractivity contribution is -0.105. The summed E-state index contributed by atoms with van der Waals surface area (Å²) in [7, 11) is 0. The second kappa shape index (κ2) is 6.01. The van der Waals surface area contributed by atoms with Gasteiger partial charge in [-0.3, -0.25) is 0 Å². The SMILES string of the molecule is C[C@]12CCCCC1CC[C@@H]1[C@H]2CC[C@]2(C)C(c3cccc(O)c3)CC[C@@H]12. The molecule has 0 amide bonds. The van der Waals surface area contributed by atoms with E-state index in [9.17, 15) is 5.11 Å². The first-order chi connectivity index (χ1) is 12.5. The van der Waals surface area contributed by atoms with Crippen LogP contribution in [0.15, 0.2) is 24.3 Å². The maximum absolute atomic E-state index is 10.0. The lowest BCUT2D eigenvalue weighted by Gasteiger charge is -2.60. The topological polar surface area (TPSA) is 20.2 Å². The second-order valence-corrected chi connectivity index (χ2v) is 10.7. The van der Waals surface area contributed by atoms with Crippen molar-refractivity contribution in [2.24, 2.45) is 34.5 Å². The first-order valence-corrected chi connectivity index (χ1v) is 11.3. The fourth-order valence-electron chi connectivity index (χ4n) is 8.58. The van der Waals surface area contributed by atoms with Gasteiger partial charge in [-0.05, 0) is 109 Å². The maximum atomic E-state index is 10.0. The van der Waals surface area contributed by atoms with E-state index < -0.39 is 0 Å². The van der Waals surface area contributed by atoms with Gasteiger partial charge in [0.15, 0.2) is 0 Å². The summed E-state index contributed by atoms with van der Waals surface area (Å²) >= 11 is 0. The number of rotatable bonds is 1. The molecule has 4 aliphatic carbocycles. The second-order valence-electron chi connectivity index (χ2n) is 10.7. The molecule has 1 aromatic rings. The summed E-state index contributed by atoms with van der Waals surface area (Å²) < 4.78 is 0. The van der Waals surface area contributed by atoms with Gasteiger partial charge in [-0.1, -0.05) is 38.8 Å². The van der Waals surface area contributed by atoms with Crippen LogP contribution in [0.1, 0.15) is 89.5 Å². The van der Waals surface area contributed by atoms with Gasteiger partial charge in [0.2, 0.25) is 0 Å². The molecule has 1 heteroatoms. The van der Waals surface area contributed by atoms with Crippen molar-refractivity contribution in [2.75, 3.05) is 0 Å². The Morgan fingerprint density at radius 1 is 0.846 bits per heavy atom. The summed E-state index contributed by atoms with van der Waals surface area (Å²) in [5.74, 6) is 4.98. The Labute approximate surface area is 159 Å². The van der Waals surface area contributed by atoms with Crippen molar-refractivity contribution in [3.05, 3.63) is 29.8 Å². The molecule has 0 radical (unpaired) electrons. The van der Waals surface area contributed by atoms with Crippen molar-refractivity contribution in [2.45, 2.75) is 84.0 Å². The van der Waals surface area contributed by atoms with Crippen LogP contribution in [0.3, 0.4) is 0 Å². The molecule has 1 nitrogen and oxygen atoms in total. The lowest BCUT2D eigenvalue weighted by atomic mass is 9.44. The molecule has 5 rings (SSSR count). The third kappa shape index (κ3) is 2.34. The van der Waals surface area contributed by atoms with Gasteiger partial charge < -0.3 is 5.11 Å². The molecule has 7 atom stereocenters. The summed E-state index contributed by atoms with van der Waals surface area (Å²) in [5, 5.41) is 10.0. The summed E-state index contributed by atoms with van der Waals surface area (Å²) in [6.45, 7) is 5.28. The molecule has 0 heterocycles. The minimum absolute atomic E-state index is 0.443. The van der Waals surface area contributed by atoms with Gasteiger partial charge in [0.1, 0.15) is 5.75 Å². The van der Waals surface area contributed by atoms with E-state index in [-0.39, 0.29) is 0 Å². The molecule has 4 saturated carbocycles. The van der Waals surface area contributed by atoms with E-state index in [1.807, 2.05) is 18.2 Å². The highest BCUT2D eigenvalue weighted by molar-refractivity contribution is 5.32. The average molecular weight is 353 g/mol. The molecule has 4 aliphatic rings. The predicted octanol–water partition coefficient (Wildman–Crippen LogP) is 6.91. The van der Waals surface area contributed by atoms with Crippen molar-refractivity contribution in [3.8, 4) is 5.75 Å². The van der Waals surface area contributed by atoms with Gasteiger partial charge in [0.25, 0.3) is 0 Å². The van der Waals surface area contributed by atoms with Crippen molar-refractivity contribution in [1.82, 2.24) is 0 Å². The summed E-state index contributed by atoms with van der Waals surface area (Å²) in [4.78, 5) is 0. The molecule has 0 bridgehead atoms. The number of hydrogen-bond donors (Lipinski definition) is 1. The van der Waals surface area contributed by atoms with Crippen LogP contribution >= 0.6 is 0 Å². The van der Waals surface area contributed by atoms with Crippen molar-refractivity contribution in [1.29, 1.82) is 0 Å². The first-order valence-electron chi connectivity index (χ1n) is 11.3. The molecule has 0 aromatic heterocycles. The zero-order chi connectivity index (χ0) is 17.9. The highest BCUT2D eigenvalue weighted by atomic mass is 16.3. The summed E-state index contributed by atoms with van der Waals surface area (Å²) in [6.07, 6.45) is 14.6. The Bertz CT molecular complexity index is 680. The minimum atomic E-state index is 0.443. The van der Waals surface area contributed by atoms with Crippen molar-refractivity contribution in [3.63, 3.8) is 0 Å². The van der Waals surface area contributed by atoms with Crippen LogP contribution in [0.5, 0.6) is 5.75 Å². The maximum Gasteiger partial charge on any atom is 0.115 e. The molecule has 0 spiro atoms. The van der Waals surface area contributed by atoms with Crippen molar-refractivity contribution < 1.29 is 5.11 Å². The smallest absolute Gasteiger partial charge is 0.115 e. The van der Waals surface area contributed by atoms with Gasteiger partial charge >= 0.3 is 0 Å². The lowest BCUT2D eigenvalue weighted by Crippen LogP contribution is -2.52. The van der Waals surface area contributed by atoms with Crippen LogP contribution in [0.4, 0.5) is 0 Å². The Hall–Kier alpha value is -0.980. The number of fused-ring (bicyclic) bond motifs is 5. The zero-order valence-corrected chi connectivity index (χ0v) is 16.7. The summed E-state index contributed by atoms with van der Waals surface area (Å²) in [6, 6.07) is 8.18. The van der Waals surface area contributed by atoms with Crippen LogP contribution < -0.4 is 0 Å². The number of benzene rings is 1. The van der Waals surface area contributed by atoms with Gasteiger partial charge in [-0.15, -0.1) is 0 Å². The average Bonchev–Trinajstić information content (AvgIpc) is 2.98. The molecule has 26 heavy (non-hydrogen) atoms. The number of aromatic hydroxyl groups is 1. The Balaban J connectivity index is 1.45. The normalized spacial score (nSPS) is 47.7. The van der Waals surface area contributed by atoms with Gasteiger partial charge in [-0.25, -0.2) is 0 Å². The summed E-state index contributed by atoms with van der Waals surface area (Å²) in [5.41, 5.74) is 2.49. The molecule has 4 fully saturated rings. The molecular formula is C25H36O. The monoisotopic (exact) mass is 352 g/mol. The van der Waals surface area contributed by atoms with E-state index in [2.05, 4.69) is 19.9 Å². The fraction of sp³-hybridized carbons (Fsp3) is 0.760. The van der Waals surface area contributed by atoms with E-state index in [0.717, 1.165) is 23.7 Å². The van der Waals surface area contributed by atoms with E-state index in [0.29, 0.717) is 22.5 Å². The molecule has 142 valence electrons. The standard InChI is InChI=1S/C25H36O/c1-24-14-4-3-7-18(24)9-10-20-22-12-11-21(17-6-5-8-19(26)16-17)25(22,2)15-13-23(20)24/h5-6,8,16,18,20-23,26H,3-4,7,9-15H2,1-2H3/t18?,20-,21?,22-,23+,24-,25+/m0/s1. The van der Waals surface area contributed by atoms with Gasteiger partial charge in [-0.2, -0.15) is 0 Å². The highest BCUT2D eigenvalue weighted by Gasteiger charge is 2.59. The highest BCUT2D eigenvalue weighted by Crippen LogP contribution is 2.69. The van der Waals surface area contributed by atoms with Crippen LogP contribution in [0.2, 0.25) is 0 Å². The van der Waals surface area contributed by atoms with Crippen LogP contribution in [-0.4, -0.2) is 5.11 Å². The Morgan fingerprint density at radius 3 is 2.54 bits per heavy atom. The van der Waals surface area contributed by atoms with E-state index >= 15 is 0 Å². The van der Waals surface area contributed by atoms with Crippen LogP contribution in [-0.2, 0) is 0 Å². The Kier molecular flexibility index (Phi) is 3.96. The van der Waals surface area contributed by atoms with E-state index in [1.54, 1.807) is 0 Å². The van der Waals surface area contributed by atoms with Gasteiger partial charge in [0, 0.05) is 0 Å². The van der Waals surface area contributed by atoms with Gasteiger partial charge in [0.05, 0.1) is 0 Å². The molecule has 0 aliphatic heterocycles. The zero-order valence-electron chi connectivity index (χ0n) is 16.7. The third-order valence-corrected chi connectivity index (χ3v) is 9.86. The molecule has 1 aromatic carbocycles. The van der Waals surface area contributed by atoms with Crippen molar-refractivity contribution >= 4 is 0 Å². The predicted molar refractivity (Wildman–Crippen MR) is 107 cm³/mol. The quantitative estimate of drug-likeness (QED) is 0.582. The van der Waals surface area contributed by atoms with E-state index in [4.69, 9.17) is 0 Å². The van der Waals surface area contributed by atoms with Crippen LogP contribution in [0, 0.1) is 34.5 Å². The third-order valence-electron chi connectivity index (χ3n) is 9.86. The largest absolute Gasteiger partial charge is 0.508 e. The van der Waals surface area contributed by atoms with Crippen LogP contribution in [0.25, 0.3) is 0 Å². The molecular weight excluding hydrogens is 316 g/mol.